The number of nitrogens with two attached hydrogens (primary N) is 2. The number of nitrogen functional groups attached to an aromatic ring is 1. The Kier molecular flexibility index (Phi) is 2.36. The van der Waals surface area contributed by atoms with E-state index in [2.05, 4.69) is 4.98 Å². The monoisotopic (exact) mass is 216 g/mol. The van der Waals surface area contributed by atoms with Crippen molar-refractivity contribution in [3.63, 3.8) is 0 Å². The van der Waals surface area contributed by atoms with Gasteiger partial charge in [-0.3, -0.25) is 4.79 Å². The molecule has 0 saturated heterocycles. The first-order valence-electron chi connectivity index (χ1n) is 4.78. The second-order valence-electron chi connectivity index (χ2n) is 3.56. The summed E-state index contributed by atoms with van der Waals surface area (Å²) in [4.78, 5) is 15.2. The topological polar surface area (TPSA) is 86.9 Å². The fourth-order valence-electron chi connectivity index (χ4n) is 1.48. The summed E-state index contributed by atoms with van der Waals surface area (Å²) < 4.78 is 1.81. The van der Waals surface area contributed by atoms with Crippen molar-refractivity contribution >= 4 is 11.6 Å². The molecule has 2 aromatic rings. The highest BCUT2D eigenvalue weighted by Crippen LogP contribution is 2.17. The van der Waals surface area contributed by atoms with Gasteiger partial charge >= 0.3 is 0 Å². The molecule has 0 atom stereocenters. The lowest BCUT2D eigenvalue weighted by Crippen LogP contribution is -2.14. The maximum absolute atomic E-state index is 11.1. The van der Waals surface area contributed by atoms with Crippen LogP contribution in [0.25, 0.3) is 5.69 Å². The van der Waals surface area contributed by atoms with Crippen molar-refractivity contribution in [3.05, 3.63) is 42.0 Å². The van der Waals surface area contributed by atoms with Crippen LogP contribution in [0.2, 0.25) is 0 Å². The lowest BCUT2D eigenvalue weighted by molar-refractivity contribution is 0.100. The second-order valence-corrected chi connectivity index (χ2v) is 3.56. The highest BCUT2D eigenvalue weighted by atomic mass is 16.1. The van der Waals surface area contributed by atoms with E-state index in [4.69, 9.17) is 11.5 Å². The number of amides is 1. The van der Waals surface area contributed by atoms with E-state index in [0.717, 1.165) is 11.4 Å². The average Bonchev–Trinajstić information content (AvgIpc) is 2.65. The van der Waals surface area contributed by atoms with Crippen LogP contribution in [0, 0.1) is 6.92 Å². The van der Waals surface area contributed by atoms with Gasteiger partial charge in [0.2, 0.25) is 0 Å². The van der Waals surface area contributed by atoms with Gasteiger partial charge in [0.05, 0.1) is 17.6 Å². The molecule has 0 saturated carbocycles. The maximum atomic E-state index is 11.1. The van der Waals surface area contributed by atoms with Crippen LogP contribution in [0.15, 0.2) is 30.7 Å². The number of nitrogens with zero attached hydrogens (tertiary/aromatic N) is 2. The molecule has 0 unspecified atom stereocenters. The summed E-state index contributed by atoms with van der Waals surface area (Å²) in [5, 5.41) is 0. The van der Waals surface area contributed by atoms with E-state index in [-0.39, 0.29) is 0 Å². The molecular weight excluding hydrogens is 204 g/mol. The predicted molar refractivity (Wildman–Crippen MR) is 61.2 cm³/mol. The molecule has 82 valence electrons. The van der Waals surface area contributed by atoms with E-state index in [9.17, 15) is 4.79 Å². The van der Waals surface area contributed by atoms with Crippen molar-refractivity contribution < 1.29 is 4.79 Å². The summed E-state index contributed by atoms with van der Waals surface area (Å²) in [5.74, 6) is -0.531. The van der Waals surface area contributed by atoms with Crippen LogP contribution in [-0.2, 0) is 0 Å². The van der Waals surface area contributed by atoms with Crippen molar-refractivity contribution in [1.82, 2.24) is 9.55 Å². The Labute approximate surface area is 92.7 Å². The number of carbonyl (C=O) groups is 1. The smallest absolute Gasteiger partial charge is 0.250 e. The number of benzene rings is 1. The molecule has 0 spiro atoms. The minimum atomic E-state index is -0.531. The SMILES string of the molecule is Cc1cn(-c2ccc(N)c(C(N)=O)c2)cn1. The van der Waals surface area contributed by atoms with Gasteiger partial charge in [0.15, 0.2) is 0 Å². The third-order valence-electron chi connectivity index (χ3n) is 2.31. The molecule has 0 radical (unpaired) electrons. The number of carbonyl (C=O) groups excluding carboxylic acids is 1. The van der Waals surface area contributed by atoms with Crippen LogP contribution in [0.1, 0.15) is 16.1 Å². The summed E-state index contributed by atoms with van der Waals surface area (Å²) >= 11 is 0. The Balaban J connectivity index is 2.51. The molecule has 5 nitrogen and oxygen atoms in total. The molecule has 5 heteroatoms. The number of rotatable bonds is 2. The van der Waals surface area contributed by atoms with Gasteiger partial charge in [-0.1, -0.05) is 0 Å². The van der Waals surface area contributed by atoms with Gasteiger partial charge in [0, 0.05) is 17.6 Å². The molecule has 2 rings (SSSR count). The van der Waals surface area contributed by atoms with Gasteiger partial charge in [-0.2, -0.15) is 0 Å². The third kappa shape index (κ3) is 1.75. The van der Waals surface area contributed by atoms with E-state index >= 15 is 0 Å². The standard InChI is InChI=1S/C11H12N4O/c1-7-5-15(6-14-7)8-2-3-10(12)9(4-8)11(13)16/h2-6H,12H2,1H3,(H2,13,16). The molecule has 1 amide bonds. The van der Waals surface area contributed by atoms with Gasteiger partial charge in [-0.15, -0.1) is 0 Å². The number of imidazole rings is 1. The Hall–Kier alpha value is -2.30. The lowest BCUT2D eigenvalue weighted by atomic mass is 10.1. The number of anilines is 1. The molecule has 1 aromatic heterocycles. The van der Waals surface area contributed by atoms with E-state index in [0.29, 0.717) is 11.3 Å². The number of hydrogen-bond donors (Lipinski definition) is 2. The summed E-state index contributed by atoms with van der Waals surface area (Å²) in [6.45, 7) is 1.89. The van der Waals surface area contributed by atoms with Crippen LogP contribution in [-0.4, -0.2) is 15.5 Å². The molecule has 1 aromatic carbocycles. The summed E-state index contributed by atoms with van der Waals surface area (Å²) in [7, 11) is 0. The van der Waals surface area contributed by atoms with Crippen LogP contribution >= 0.6 is 0 Å². The lowest BCUT2D eigenvalue weighted by Gasteiger charge is -2.06. The normalized spacial score (nSPS) is 10.3. The second kappa shape index (κ2) is 3.69. The molecule has 1 heterocycles. The van der Waals surface area contributed by atoms with Gasteiger partial charge in [-0.05, 0) is 25.1 Å². The average molecular weight is 216 g/mol. The van der Waals surface area contributed by atoms with Gasteiger partial charge < -0.3 is 16.0 Å². The van der Waals surface area contributed by atoms with E-state index in [1.807, 2.05) is 19.2 Å². The number of aryl methyl sites for hydroxylation is 1. The maximum Gasteiger partial charge on any atom is 0.250 e. The van der Waals surface area contributed by atoms with Crippen molar-refractivity contribution in [3.8, 4) is 5.69 Å². The van der Waals surface area contributed by atoms with Crippen LogP contribution in [0.5, 0.6) is 0 Å². The van der Waals surface area contributed by atoms with Gasteiger partial charge in [0.25, 0.3) is 5.91 Å². The zero-order valence-electron chi connectivity index (χ0n) is 8.84. The van der Waals surface area contributed by atoms with Crippen molar-refractivity contribution in [2.75, 3.05) is 5.73 Å². The van der Waals surface area contributed by atoms with Crippen LogP contribution in [0.4, 0.5) is 5.69 Å². The molecule has 4 N–H and O–H groups in total. The first-order valence-corrected chi connectivity index (χ1v) is 4.78. The number of hydrogen-bond acceptors (Lipinski definition) is 3. The third-order valence-corrected chi connectivity index (χ3v) is 2.31. The first kappa shape index (κ1) is 10.2. The zero-order valence-corrected chi connectivity index (χ0v) is 8.84. The first-order chi connectivity index (χ1) is 7.58. The summed E-state index contributed by atoms with van der Waals surface area (Å²) in [5.41, 5.74) is 13.3. The van der Waals surface area contributed by atoms with E-state index in [1.165, 1.54) is 0 Å². The van der Waals surface area contributed by atoms with Gasteiger partial charge in [-0.25, -0.2) is 4.98 Å². The number of aromatic nitrogens is 2. The van der Waals surface area contributed by atoms with Crippen molar-refractivity contribution in [2.45, 2.75) is 6.92 Å². The Morgan fingerprint density at radius 2 is 2.19 bits per heavy atom. The van der Waals surface area contributed by atoms with Crippen molar-refractivity contribution in [1.29, 1.82) is 0 Å². The minimum Gasteiger partial charge on any atom is -0.398 e. The fraction of sp³-hybridized carbons (Fsp3) is 0.0909. The summed E-state index contributed by atoms with van der Waals surface area (Å²) in [6, 6.07) is 5.12. The quantitative estimate of drug-likeness (QED) is 0.730. The van der Waals surface area contributed by atoms with E-state index in [1.54, 1.807) is 23.0 Å². The van der Waals surface area contributed by atoms with E-state index < -0.39 is 5.91 Å². The van der Waals surface area contributed by atoms with Crippen LogP contribution < -0.4 is 11.5 Å². The molecule has 0 aliphatic heterocycles. The molecule has 16 heavy (non-hydrogen) atoms. The largest absolute Gasteiger partial charge is 0.398 e. The molecule has 0 aliphatic rings. The molecule has 0 aliphatic carbocycles. The zero-order chi connectivity index (χ0) is 11.7. The van der Waals surface area contributed by atoms with Crippen LogP contribution in [0.3, 0.4) is 0 Å². The fourth-order valence-corrected chi connectivity index (χ4v) is 1.48. The Morgan fingerprint density at radius 3 is 2.75 bits per heavy atom. The minimum absolute atomic E-state index is 0.323. The van der Waals surface area contributed by atoms with Gasteiger partial charge in [0.1, 0.15) is 0 Å². The molecular formula is C11H12N4O. The summed E-state index contributed by atoms with van der Waals surface area (Å²) in [6.07, 6.45) is 3.53. The molecule has 0 bridgehead atoms. The highest BCUT2D eigenvalue weighted by Gasteiger charge is 2.07. The molecule has 0 fully saturated rings. The van der Waals surface area contributed by atoms with Crippen molar-refractivity contribution in [2.24, 2.45) is 5.73 Å². The Bertz CT molecular complexity index is 545. The Morgan fingerprint density at radius 1 is 1.44 bits per heavy atom. The predicted octanol–water partition coefficient (Wildman–Crippen LogP) is 0.862. The number of primary amides is 1. The highest BCUT2D eigenvalue weighted by molar-refractivity contribution is 5.98.